The largest absolute Gasteiger partial charge is 0.330 e. The van der Waals surface area contributed by atoms with E-state index in [-0.39, 0.29) is 11.5 Å². The molecule has 0 aromatic heterocycles. The summed E-state index contributed by atoms with van der Waals surface area (Å²) in [6, 6.07) is 8.92. The van der Waals surface area contributed by atoms with E-state index in [4.69, 9.17) is 4.55 Å². The van der Waals surface area contributed by atoms with Crippen LogP contribution in [0.2, 0.25) is 0 Å². The number of hydrogen-bond acceptors (Lipinski definition) is 3. The van der Waals surface area contributed by atoms with E-state index in [1.54, 1.807) is 24.3 Å². The molecule has 0 heterocycles. The molecule has 1 aromatic carbocycles. The number of benzene rings is 1. The third kappa shape index (κ3) is 2.37. The minimum Gasteiger partial charge on any atom is -0.330 e. The van der Waals surface area contributed by atoms with Gasteiger partial charge < -0.3 is 4.55 Å². The van der Waals surface area contributed by atoms with E-state index >= 15 is 0 Å². The number of carbonyl (C=O) groups is 1. The third-order valence-corrected chi connectivity index (χ3v) is 1.68. The molecule has 3 heteroatoms. The molecule has 0 aliphatic heterocycles. The average molecular weight is 168 g/mol. The van der Waals surface area contributed by atoms with Gasteiger partial charge in [0.25, 0.3) is 0 Å². The van der Waals surface area contributed by atoms with Crippen LogP contribution in [0.5, 0.6) is 0 Å². The van der Waals surface area contributed by atoms with Crippen LogP contribution in [0.4, 0.5) is 0 Å². The van der Waals surface area contributed by atoms with Crippen LogP contribution in [0.1, 0.15) is 10.4 Å². The Morgan fingerprint density at radius 2 is 2.00 bits per heavy atom. The molecule has 0 atom stereocenters. The fraction of sp³-hybridized carbons (Fsp3) is 0.125. The highest BCUT2D eigenvalue weighted by Gasteiger charge is 2.02. The monoisotopic (exact) mass is 168 g/mol. The van der Waals surface area contributed by atoms with Crippen molar-refractivity contribution < 1.29 is 9.35 Å². The molecule has 2 nitrogen and oxygen atoms in total. The highest BCUT2D eigenvalue weighted by molar-refractivity contribution is 7.94. The van der Waals surface area contributed by atoms with Crippen molar-refractivity contribution >= 4 is 17.8 Å². The smallest absolute Gasteiger partial charge is 0.175 e. The maximum absolute atomic E-state index is 11.1. The maximum atomic E-state index is 11.1. The summed E-state index contributed by atoms with van der Waals surface area (Å²) >= 11 is 0.555. The van der Waals surface area contributed by atoms with Crippen molar-refractivity contribution in [1.29, 1.82) is 0 Å². The van der Waals surface area contributed by atoms with Gasteiger partial charge in [0.2, 0.25) is 0 Å². The van der Waals surface area contributed by atoms with E-state index in [9.17, 15) is 4.79 Å². The molecule has 0 spiro atoms. The number of carbonyl (C=O) groups excluding carboxylic acids is 1. The van der Waals surface area contributed by atoms with Gasteiger partial charge in [0.1, 0.15) is 0 Å². The van der Waals surface area contributed by atoms with Crippen LogP contribution >= 0.6 is 12.0 Å². The fourth-order valence-corrected chi connectivity index (χ4v) is 1.05. The summed E-state index contributed by atoms with van der Waals surface area (Å²) in [4.78, 5) is 11.1. The second-order valence-corrected chi connectivity index (χ2v) is 2.61. The Morgan fingerprint density at radius 3 is 2.55 bits per heavy atom. The summed E-state index contributed by atoms with van der Waals surface area (Å²) in [5.41, 5.74) is 0.647. The van der Waals surface area contributed by atoms with Crippen LogP contribution in [-0.4, -0.2) is 16.1 Å². The highest BCUT2D eigenvalue weighted by atomic mass is 32.2. The van der Waals surface area contributed by atoms with Crippen molar-refractivity contribution in [2.75, 3.05) is 5.75 Å². The van der Waals surface area contributed by atoms with Gasteiger partial charge in [-0.05, 0) is 12.0 Å². The van der Waals surface area contributed by atoms with E-state index < -0.39 is 0 Å². The van der Waals surface area contributed by atoms with Gasteiger partial charge in [-0.1, -0.05) is 30.3 Å². The molecule has 0 unspecified atom stereocenters. The lowest BCUT2D eigenvalue weighted by atomic mass is 10.2. The maximum Gasteiger partial charge on any atom is 0.175 e. The molecule has 0 bridgehead atoms. The molecule has 0 radical (unpaired) electrons. The molecule has 11 heavy (non-hydrogen) atoms. The predicted molar refractivity (Wildman–Crippen MR) is 45.9 cm³/mol. The first-order valence-corrected chi connectivity index (χ1v) is 4.13. The molecule has 0 aliphatic rings. The minimum atomic E-state index is -0.0434. The van der Waals surface area contributed by atoms with Crippen LogP contribution < -0.4 is 0 Å². The summed E-state index contributed by atoms with van der Waals surface area (Å²) < 4.78 is 8.39. The summed E-state index contributed by atoms with van der Waals surface area (Å²) in [7, 11) is 0. The van der Waals surface area contributed by atoms with Crippen LogP contribution in [0.3, 0.4) is 0 Å². The predicted octanol–water partition coefficient (Wildman–Crippen LogP) is 2.08. The van der Waals surface area contributed by atoms with Gasteiger partial charge in [-0.2, -0.15) is 0 Å². The first-order chi connectivity index (χ1) is 5.34. The molecule has 1 N–H and O–H groups in total. The van der Waals surface area contributed by atoms with Gasteiger partial charge in [0.05, 0.1) is 5.75 Å². The second-order valence-electron chi connectivity index (χ2n) is 2.06. The molecule has 0 fully saturated rings. The Labute approximate surface area is 69.4 Å². The topological polar surface area (TPSA) is 37.3 Å². The van der Waals surface area contributed by atoms with Crippen LogP contribution in [0.25, 0.3) is 0 Å². The van der Waals surface area contributed by atoms with Crippen molar-refractivity contribution in [3.05, 3.63) is 35.9 Å². The standard InChI is InChI=1S/C8H8O2S/c9-8(6-11-10)7-4-2-1-3-5-7/h1-5,10H,6H2. The summed E-state index contributed by atoms with van der Waals surface area (Å²) in [6.45, 7) is 0. The zero-order chi connectivity index (χ0) is 8.10. The SMILES string of the molecule is O=C(CSO)c1ccccc1. The zero-order valence-corrected chi connectivity index (χ0v) is 6.67. The van der Waals surface area contributed by atoms with E-state index in [1.807, 2.05) is 6.07 Å². The van der Waals surface area contributed by atoms with Crippen LogP contribution in [-0.2, 0) is 0 Å². The Kier molecular flexibility index (Phi) is 3.14. The minimum absolute atomic E-state index is 0.0434. The Hall–Kier alpha value is -0.800. The summed E-state index contributed by atoms with van der Waals surface area (Å²) in [5.74, 6) is 0.0856. The Balaban J connectivity index is 2.69. The van der Waals surface area contributed by atoms with Crippen LogP contribution in [0.15, 0.2) is 30.3 Å². The third-order valence-electron chi connectivity index (χ3n) is 1.29. The summed E-state index contributed by atoms with van der Waals surface area (Å²) in [6.07, 6.45) is 0. The Morgan fingerprint density at radius 1 is 1.36 bits per heavy atom. The van der Waals surface area contributed by atoms with Crippen molar-refractivity contribution in [1.82, 2.24) is 0 Å². The zero-order valence-electron chi connectivity index (χ0n) is 5.86. The van der Waals surface area contributed by atoms with Crippen molar-refractivity contribution in [2.45, 2.75) is 0 Å². The van der Waals surface area contributed by atoms with Crippen LogP contribution in [0, 0.1) is 0 Å². The number of hydrogen-bond donors (Lipinski definition) is 1. The van der Waals surface area contributed by atoms with E-state index in [0.717, 1.165) is 0 Å². The Bertz CT molecular complexity index is 233. The average Bonchev–Trinajstić information content (AvgIpc) is 2.07. The van der Waals surface area contributed by atoms with Gasteiger partial charge >= 0.3 is 0 Å². The lowest BCUT2D eigenvalue weighted by molar-refractivity contribution is 0.102. The van der Waals surface area contributed by atoms with Gasteiger partial charge in [-0.25, -0.2) is 0 Å². The molecule has 0 aliphatic carbocycles. The normalized spacial score (nSPS) is 9.55. The molecular formula is C8H8O2S. The lowest BCUT2D eigenvalue weighted by Crippen LogP contribution is -2.00. The molecule has 58 valence electrons. The molecule has 1 rings (SSSR count). The van der Waals surface area contributed by atoms with Gasteiger partial charge in [0, 0.05) is 5.56 Å². The molecule has 1 aromatic rings. The number of Topliss-reactive ketones (excluding diaryl/α,β-unsaturated/α-hetero) is 1. The van der Waals surface area contributed by atoms with E-state index in [2.05, 4.69) is 0 Å². The summed E-state index contributed by atoms with van der Waals surface area (Å²) in [5, 5.41) is 0. The lowest BCUT2D eigenvalue weighted by Gasteiger charge is -1.95. The first kappa shape index (κ1) is 8.30. The molecule has 0 saturated heterocycles. The first-order valence-electron chi connectivity index (χ1n) is 3.19. The van der Waals surface area contributed by atoms with E-state index in [1.165, 1.54) is 0 Å². The van der Waals surface area contributed by atoms with Gasteiger partial charge in [-0.3, -0.25) is 4.79 Å². The highest BCUT2D eigenvalue weighted by Crippen LogP contribution is 2.03. The quantitative estimate of drug-likeness (QED) is 0.554. The van der Waals surface area contributed by atoms with E-state index in [0.29, 0.717) is 17.6 Å². The molecule has 0 amide bonds. The number of ketones is 1. The van der Waals surface area contributed by atoms with Gasteiger partial charge in [-0.15, -0.1) is 0 Å². The number of rotatable bonds is 3. The van der Waals surface area contributed by atoms with Crippen molar-refractivity contribution in [3.8, 4) is 0 Å². The van der Waals surface area contributed by atoms with Gasteiger partial charge in [0.15, 0.2) is 5.78 Å². The van der Waals surface area contributed by atoms with Crippen molar-refractivity contribution in [2.24, 2.45) is 0 Å². The molecule has 0 saturated carbocycles. The molecular weight excluding hydrogens is 160 g/mol. The van der Waals surface area contributed by atoms with Crippen molar-refractivity contribution in [3.63, 3.8) is 0 Å². The second kappa shape index (κ2) is 4.16. The fourth-order valence-electron chi connectivity index (χ4n) is 0.766.